The third-order valence-corrected chi connectivity index (χ3v) is 17.6. The highest BCUT2D eigenvalue weighted by Gasteiger charge is 2.41. The largest absolute Gasteiger partial charge is 0.278 e. The molecule has 0 fully saturated rings. The molecule has 7 heteroatoms. The highest BCUT2D eigenvalue weighted by atomic mass is 28.3. The van der Waals surface area contributed by atoms with E-state index in [0.717, 1.165) is 61.0 Å². The Labute approximate surface area is 395 Å². The number of nitrogens with zero attached hydrogens (tertiary/aromatic N) is 6. The molecule has 0 amide bonds. The van der Waals surface area contributed by atoms with Crippen LogP contribution >= 0.6 is 0 Å². The fourth-order valence-electron chi connectivity index (χ4n) is 9.70. The van der Waals surface area contributed by atoms with Crippen molar-refractivity contribution in [1.82, 2.24) is 29.5 Å². The Kier molecular flexibility index (Phi) is 10.4. The van der Waals surface area contributed by atoms with Crippen LogP contribution in [-0.2, 0) is 0 Å². The maximum absolute atomic E-state index is 5.42. The van der Waals surface area contributed by atoms with Gasteiger partial charge in [0.1, 0.15) is 0 Å². The van der Waals surface area contributed by atoms with Crippen molar-refractivity contribution in [3.8, 4) is 62.6 Å². The zero-order valence-electron chi connectivity index (χ0n) is 36.9. The Morgan fingerprint density at radius 3 is 1.19 bits per heavy atom. The van der Waals surface area contributed by atoms with Crippen LogP contribution in [0, 0.1) is 0 Å². The van der Waals surface area contributed by atoms with Crippen molar-refractivity contribution in [2.45, 2.75) is 0 Å². The molecule has 0 N–H and O–H groups in total. The van der Waals surface area contributed by atoms with Crippen LogP contribution in [0.25, 0.3) is 84.4 Å². The molecule has 3 heterocycles. The van der Waals surface area contributed by atoms with Gasteiger partial charge in [0.2, 0.25) is 5.95 Å². The quantitative estimate of drug-likeness (QED) is 0.101. The van der Waals surface area contributed by atoms with E-state index in [2.05, 4.69) is 211 Å². The average molecular weight is 887 g/mol. The summed E-state index contributed by atoms with van der Waals surface area (Å²) in [5.74, 6) is 2.33. The molecular weight excluding hydrogens is 845 g/mol. The van der Waals surface area contributed by atoms with Crippen LogP contribution in [0.4, 0.5) is 0 Å². The van der Waals surface area contributed by atoms with Gasteiger partial charge in [0.25, 0.3) is 0 Å². The lowest BCUT2D eigenvalue weighted by molar-refractivity contribution is 0.953. The first-order chi connectivity index (χ1) is 33.7. The highest BCUT2D eigenvalue weighted by molar-refractivity contribution is 7.19. The first-order valence-corrected chi connectivity index (χ1v) is 24.8. The summed E-state index contributed by atoms with van der Waals surface area (Å²) in [7, 11) is -2.87. The molecule has 68 heavy (non-hydrogen) atoms. The molecular formula is C61H42N6Si. The SMILES string of the molecule is c1ccc(-c2cc(-c3cccc(-c4nc(-c5cccc([Si](c6ccccc6)(c6ccccc6)c6ccccc6)c5)nc(-n5c6ccccc6c6ccccc65)n4)c3)nc(-c3ccccc3)n2)cc1. The Morgan fingerprint density at radius 1 is 0.265 bits per heavy atom. The topological polar surface area (TPSA) is 69.4 Å². The van der Waals surface area contributed by atoms with Crippen LogP contribution in [0.1, 0.15) is 0 Å². The van der Waals surface area contributed by atoms with Crippen LogP contribution < -0.4 is 20.7 Å². The van der Waals surface area contributed by atoms with Crippen LogP contribution in [0.5, 0.6) is 0 Å². The van der Waals surface area contributed by atoms with E-state index in [-0.39, 0.29) is 0 Å². The maximum atomic E-state index is 5.42. The summed E-state index contributed by atoms with van der Waals surface area (Å²) in [5.41, 5.74) is 8.31. The molecule has 0 bridgehead atoms. The lowest BCUT2D eigenvalue weighted by Gasteiger charge is -2.34. The minimum atomic E-state index is -2.87. The van der Waals surface area contributed by atoms with Gasteiger partial charge in [0.15, 0.2) is 25.5 Å². The van der Waals surface area contributed by atoms with Gasteiger partial charge in [0, 0.05) is 38.6 Å². The second-order valence-electron chi connectivity index (χ2n) is 16.9. The van der Waals surface area contributed by atoms with Crippen molar-refractivity contribution in [2.24, 2.45) is 0 Å². The van der Waals surface area contributed by atoms with E-state index in [9.17, 15) is 0 Å². The van der Waals surface area contributed by atoms with Crippen molar-refractivity contribution in [3.63, 3.8) is 0 Å². The van der Waals surface area contributed by atoms with Crippen molar-refractivity contribution < 1.29 is 0 Å². The van der Waals surface area contributed by atoms with E-state index in [1.54, 1.807) is 0 Å². The summed E-state index contributed by atoms with van der Waals surface area (Å²) in [5, 5.41) is 7.38. The fourth-order valence-corrected chi connectivity index (χ4v) is 14.5. The van der Waals surface area contributed by atoms with Gasteiger partial charge in [-0.1, -0.05) is 231 Å². The molecule has 0 saturated carbocycles. The van der Waals surface area contributed by atoms with Gasteiger partial charge in [0.05, 0.1) is 22.4 Å². The molecule has 0 aliphatic carbocycles. The maximum Gasteiger partial charge on any atom is 0.238 e. The summed E-state index contributed by atoms with van der Waals surface area (Å²) < 4.78 is 2.17. The number of fused-ring (bicyclic) bond motifs is 3. The van der Waals surface area contributed by atoms with E-state index >= 15 is 0 Å². The summed E-state index contributed by atoms with van der Waals surface area (Å²) in [6.45, 7) is 0. The predicted octanol–water partition coefficient (Wildman–Crippen LogP) is 11.5. The van der Waals surface area contributed by atoms with E-state index < -0.39 is 8.07 Å². The molecule has 320 valence electrons. The zero-order chi connectivity index (χ0) is 45.3. The van der Waals surface area contributed by atoms with E-state index in [1.165, 1.54) is 20.7 Å². The van der Waals surface area contributed by atoms with Crippen molar-refractivity contribution in [3.05, 3.63) is 255 Å². The Bertz CT molecular complexity index is 3520. The Hall–Kier alpha value is -8.91. The molecule has 0 radical (unpaired) electrons. The number of hydrogen-bond acceptors (Lipinski definition) is 5. The lowest BCUT2D eigenvalue weighted by Crippen LogP contribution is -2.74. The number of aromatic nitrogens is 6. The molecule has 0 atom stereocenters. The molecule has 0 saturated heterocycles. The van der Waals surface area contributed by atoms with Gasteiger partial charge in [-0.2, -0.15) is 9.97 Å². The van der Waals surface area contributed by atoms with E-state index in [0.29, 0.717) is 23.4 Å². The molecule has 12 aromatic rings. The normalized spacial score (nSPS) is 11.5. The summed E-state index contributed by atoms with van der Waals surface area (Å²) in [6.07, 6.45) is 0. The number of rotatable bonds is 10. The minimum absolute atomic E-state index is 0.538. The first-order valence-electron chi connectivity index (χ1n) is 22.8. The molecule has 9 aromatic carbocycles. The molecule has 12 rings (SSSR count). The van der Waals surface area contributed by atoms with Crippen molar-refractivity contribution in [2.75, 3.05) is 0 Å². The smallest absolute Gasteiger partial charge is 0.238 e. The van der Waals surface area contributed by atoms with E-state index in [1.807, 2.05) is 48.5 Å². The predicted molar refractivity (Wildman–Crippen MR) is 281 cm³/mol. The number of para-hydroxylation sites is 2. The monoisotopic (exact) mass is 886 g/mol. The second-order valence-corrected chi connectivity index (χ2v) is 20.7. The van der Waals surface area contributed by atoms with Gasteiger partial charge >= 0.3 is 0 Å². The van der Waals surface area contributed by atoms with Gasteiger partial charge < -0.3 is 0 Å². The standard InChI is InChI=1S/C61H42N6Si/c1-6-22-43(23-7-1)54-42-55(63-58(62-54)44-24-8-2-9-25-44)45-26-20-27-46(40-45)59-64-60(66-61(65-59)67-56-38-18-16-36-52(56)53-37-17-19-39-57(53)67)47-28-21-35-51(41-47)68(48-29-10-3-11-30-48,49-31-12-4-13-32-49)50-33-14-5-15-34-50/h1-42H. The molecule has 3 aromatic heterocycles. The minimum Gasteiger partial charge on any atom is -0.278 e. The van der Waals surface area contributed by atoms with Gasteiger partial charge in [-0.05, 0) is 45.0 Å². The van der Waals surface area contributed by atoms with Gasteiger partial charge in [-0.3, -0.25) is 4.57 Å². The second kappa shape index (κ2) is 17.5. The average Bonchev–Trinajstić information content (AvgIpc) is 3.77. The van der Waals surface area contributed by atoms with Crippen LogP contribution in [0.3, 0.4) is 0 Å². The number of benzene rings is 9. The summed E-state index contributed by atoms with van der Waals surface area (Å²) in [6, 6.07) is 89.6. The van der Waals surface area contributed by atoms with E-state index in [4.69, 9.17) is 24.9 Å². The van der Waals surface area contributed by atoms with Crippen molar-refractivity contribution >= 4 is 50.6 Å². The fraction of sp³-hybridized carbons (Fsp3) is 0. The highest BCUT2D eigenvalue weighted by Crippen LogP contribution is 2.34. The Balaban J connectivity index is 1.08. The molecule has 0 unspecified atom stereocenters. The zero-order valence-corrected chi connectivity index (χ0v) is 37.9. The van der Waals surface area contributed by atoms with Crippen molar-refractivity contribution in [1.29, 1.82) is 0 Å². The molecule has 0 aliphatic heterocycles. The third kappa shape index (κ3) is 7.28. The summed E-state index contributed by atoms with van der Waals surface area (Å²) in [4.78, 5) is 26.4. The molecule has 6 nitrogen and oxygen atoms in total. The van der Waals surface area contributed by atoms with Crippen LogP contribution in [0.2, 0.25) is 0 Å². The van der Waals surface area contributed by atoms with Gasteiger partial charge in [-0.15, -0.1) is 0 Å². The molecule has 0 aliphatic rings. The molecule has 0 spiro atoms. The number of hydrogen-bond donors (Lipinski definition) is 0. The summed E-state index contributed by atoms with van der Waals surface area (Å²) >= 11 is 0. The van der Waals surface area contributed by atoms with Gasteiger partial charge in [-0.25, -0.2) is 15.0 Å². The first kappa shape index (κ1) is 40.6. The lowest BCUT2D eigenvalue weighted by atomic mass is 10.0. The Morgan fingerprint density at radius 2 is 0.647 bits per heavy atom. The third-order valence-electron chi connectivity index (χ3n) is 12.8. The van der Waals surface area contributed by atoms with Crippen LogP contribution in [-0.4, -0.2) is 37.6 Å². The van der Waals surface area contributed by atoms with Crippen LogP contribution in [0.15, 0.2) is 255 Å².